The third-order valence-electron chi connectivity index (χ3n) is 2.96. The molecule has 1 aliphatic carbocycles. The number of rotatable bonds is 4. The van der Waals surface area contributed by atoms with Crippen LogP contribution in [0.4, 0.5) is 0 Å². The van der Waals surface area contributed by atoms with Crippen molar-refractivity contribution in [2.24, 2.45) is 5.92 Å². The monoisotopic (exact) mass is 309 g/mol. The average molecular weight is 310 g/mol. The molecule has 0 aromatic heterocycles. The zero-order valence-corrected chi connectivity index (χ0v) is 12.0. The van der Waals surface area contributed by atoms with E-state index in [0.29, 0.717) is 11.5 Å². The molecule has 100 valence electrons. The first-order chi connectivity index (χ1) is 8.35. The van der Waals surface area contributed by atoms with Gasteiger partial charge in [0, 0.05) is 11.1 Å². The average Bonchev–Trinajstić information content (AvgIpc) is 2.95. The van der Waals surface area contributed by atoms with Crippen molar-refractivity contribution in [2.45, 2.75) is 30.9 Å². The lowest BCUT2D eigenvalue weighted by Crippen LogP contribution is -2.27. The fourth-order valence-electron chi connectivity index (χ4n) is 1.68. The van der Waals surface area contributed by atoms with E-state index in [1.807, 2.05) is 6.92 Å². The van der Waals surface area contributed by atoms with Gasteiger partial charge in [0.05, 0.1) is 11.6 Å². The van der Waals surface area contributed by atoms with Crippen LogP contribution >= 0.6 is 23.2 Å². The van der Waals surface area contributed by atoms with Crippen molar-refractivity contribution in [2.75, 3.05) is 0 Å². The quantitative estimate of drug-likeness (QED) is 0.896. The van der Waals surface area contributed by atoms with Gasteiger partial charge in [-0.3, -0.25) is 0 Å². The Labute approximate surface area is 116 Å². The Bertz CT molecular complexity index is 574. The van der Waals surface area contributed by atoms with E-state index in [4.69, 9.17) is 28.3 Å². The van der Waals surface area contributed by atoms with Gasteiger partial charge in [-0.05, 0) is 30.0 Å². The van der Waals surface area contributed by atoms with Crippen molar-refractivity contribution in [3.8, 4) is 0 Å². The third kappa shape index (κ3) is 2.81. The molecule has 1 aromatic carbocycles. The molecule has 1 fully saturated rings. The van der Waals surface area contributed by atoms with Gasteiger partial charge in [0.1, 0.15) is 4.90 Å². The molecule has 1 aliphatic rings. The highest BCUT2D eigenvalue weighted by Gasteiger charge is 2.37. The largest absolute Gasteiger partial charge is 0.392 e. The summed E-state index contributed by atoms with van der Waals surface area (Å²) in [7, 11) is -3.69. The van der Waals surface area contributed by atoms with Crippen molar-refractivity contribution in [3.05, 3.63) is 27.7 Å². The van der Waals surface area contributed by atoms with Crippen LogP contribution in [0.15, 0.2) is 17.0 Å². The molecule has 2 rings (SSSR count). The van der Waals surface area contributed by atoms with E-state index < -0.39 is 10.0 Å². The lowest BCUT2D eigenvalue weighted by atomic mass is 10.2. The zero-order chi connectivity index (χ0) is 13.5. The summed E-state index contributed by atoms with van der Waals surface area (Å²) in [5, 5.41) is 9.36. The Hall–Kier alpha value is -0.330. The van der Waals surface area contributed by atoms with Crippen molar-refractivity contribution in [1.29, 1.82) is 0 Å². The van der Waals surface area contributed by atoms with E-state index in [9.17, 15) is 8.42 Å². The lowest BCUT2D eigenvalue weighted by molar-refractivity contribution is 0.281. The minimum atomic E-state index is -3.69. The molecule has 4 nitrogen and oxygen atoms in total. The molecular weight excluding hydrogens is 297 g/mol. The van der Waals surface area contributed by atoms with Crippen LogP contribution in [-0.4, -0.2) is 19.6 Å². The van der Waals surface area contributed by atoms with Crippen molar-refractivity contribution in [3.63, 3.8) is 0 Å². The number of hydrogen-bond acceptors (Lipinski definition) is 3. The Balaban J connectivity index is 2.40. The number of hydrogen-bond donors (Lipinski definition) is 2. The van der Waals surface area contributed by atoms with Crippen LogP contribution in [0.25, 0.3) is 0 Å². The number of aliphatic hydroxyl groups is 1. The molecular formula is C11H13Cl2NO3S. The van der Waals surface area contributed by atoms with Gasteiger partial charge in [-0.15, -0.1) is 0 Å². The maximum atomic E-state index is 12.1. The SMILES string of the molecule is CC1CC1NS(=O)(=O)c1cc(Cl)cc(CO)c1Cl. The number of sulfonamides is 1. The van der Waals surface area contributed by atoms with Crippen molar-refractivity contribution < 1.29 is 13.5 Å². The number of benzene rings is 1. The molecule has 1 saturated carbocycles. The number of nitrogens with one attached hydrogen (secondary N) is 1. The predicted octanol–water partition coefficient (Wildman–Crippen LogP) is 2.17. The van der Waals surface area contributed by atoms with Gasteiger partial charge in [0.25, 0.3) is 0 Å². The topological polar surface area (TPSA) is 66.4 Å². The molecule has 1 aromatic rings. The summed E-state index contributed by atoms with van der Waals surface area (Å²) >= 11 is 11.8. The highest BCUT2D eigenvalue weighted by molar-refractivity contribution is 7.89. The molecule has 0 radical (unpaired) electrons. The Morgan fingerprint density at radius 2 is 2.06 bits per heavy atom. The van der Waals surface area contributed by atoms with Crippen LogP contribution in [-0.2, 0) is 16.6 Å². The van der Waals surface area contributed by atoms with Crippen LogP contribution in [0.2, 0.25) is 10.0 Å². The molecule has 0 heterocycles. The second-order valence-corrected chi connectivity index (χ2v) is 6.97. The number of aliphatic hydroxyl groups excluding tert-OH is 1. The highest BCUT2D eigenvalue weighted by atomic mass is 35.5. The summed E-state index contributed by atoms with van der Waals surface area (Å²) in [6.45, 7) is 1.60. The molecule has 2 N–H and O–H groups in total. The van der Waals surface area contributed by atoms with Crippen LogP contribution in [0.3, 0.4) is 0 Å². The molecule has 0 spiro atoms. The van der Waals surface area contributed by atoms with E-state index in [0.717, 1.165) is 6.42 Å². The number of halogens is 2. The normalized spacial score (nSPS) is 23.1. The fourth-order valence-corrected chi connectivity index (χ4v) is 3.96. The lowest BCUT2D eigenvalue weighted by Gasteiger charge is -2.11. The van der Waals surface area contributed by atoms with Gasteiger partial charge in [-0.2, -0.15) is 0 Å². The first-order valence-corrected chi connectivity index (χ1v) is 7.70. The smallest absolute Gasteiger partial charge is 0.242 e. The minimum Gasteiger partial charge on any atom is -0.392 e. The van der Waals surface area contributed by atoms with E-state index in [1.165, 1.54) is 12.1 Å². The molecule has 7 heteroatoms. The van der Waals surface area contributed by atoms with Crippen molar-refractivity contribution >= 4 is 33.2 Å². The van der Waals surface area contributed by atoms with Crippen molar-refractivity contribution in [1.82, 2.24) is 4.72 Å². The molecule has 18 heavy (non-hydrogen) atoms. The van der Waals surface area contributed by atoms with Gasteiger partial charge < -0.3 is 5.11 Å². The van der Waals surface area contributed by atoms with Crippen LogP contribution < -0.4 is 4.72 Å². The molecule has 0 aliphatic heterocycles. The van der Waals surface area contributed by atoms with E-state index in [2.05, 4.69) is 4.72 Å². The third-order valence-corrected chi connectivity index (χ3v) is 5.25. The maximum absolute atomic E-state index is 12.1. The van der Waals surface area contributed by atoms with Crippen LogP contribution in [0, 0.1) is 5.92 Å². The van der Waals surface area contributed by atoms with Crippen LogP contribution in [0.1, 0.15) is 18.9 Å². The Morgan fingerprint density at radius 1 is 1.44 bits per heavy atom. The first-order valence-electron chi connectivity index (χ1n) is 5.46. The Kier molecular flexibility index (Phi) is 3.90. The predicted molar refractivity (Wildman–Crippen MR) is 70.3 cm³/mol. The summed E-state index contributed by atoms with van der Waals surface area (Å²) in [5.74, 6) is 0.343. The fraction of sp³-hybridized carbons (Fsp3) is 0.455. The van der Waals surface area contributed by atoms with Gasteiger partial charge in [-0.25, -0.2) is 13.1 Å². The zero-order valence-electron chi connectivity index (χ0n) is 9.65. The molecule has 0 bridgehead atoms. The van der Waals surface area contributed by atoms with Crippen LogP contribution in [0.5, 0.6) is 0 Å². The van der Waals surface area contributed by atoms with Gasteiger partial charge >= 0.3 is 0 Å². The molecule has 2 unspecified atom stereocenters. The molecule has 0 saturated heterocycles. The maximum Gasteiger partial charge on any atom is 0.242 e. The van der Waals surface area contributed by atoms with E-state index in [-0.39, 0.29) is 27.6 Å². The van der Waals surface area contributed by atoms with E-state index >= 15 is 0 Å². The van der Waals surface area contributed by atoms with Gasteiger partial charge in [0.15, 0.2) is 0 Å². The summed E-state index contributed by atoms with van der Waals surface area (Å²) in [6.07, 6.45) is 0.824. The van der Waals surface area contributed by atoms with Gasteiger partial charge in [0.2, 0.25) is 10.0 Å². The second-order valence-electron chi connectivity index (χ2n) is 4.48. The summed E-state index contributed by atoms with van der Waals surface area (Å²) in [5.41, 5.74) is 0.299. The summed E-state index contributed by atoms with van der Waals surface area (Å²) in [4.78, 5) is -0.0835. The van der Waals surface area contributed by atoms with E-state index in [1.54, 1.807) is 0 Å². The highest BCUT2D eigenvalue weighted by Crippen LogP contribution is 2.34. The van der Waals surface area contributed by atoms with Gasteiger partial charge in [-0.1, -0.05) is 30.1 Å². The Morgan fingerprint density at radius 3 is 2.56 bits per heavy atom. The second kappa shape index (κ2) is 4.98. The molecule has 2 atom stereocenters. The first kappa shape index (κ1) is 14.1. The summed E-state index contributed by atoms with van der Waals surface area (Å²) in [6, 6.07) is 2.70. The molecule has 0 amide bonds. The summed E-state index contributed by atoms with van der Waals surface area (Å²) < 4.78 is 26.8. The minimum absolute atomic E-state index is 0.0164. The standard InChI is InChI=1S/C11H13Cl2NO3S/c1-6-2-9(6)14-18(16,17)10-4-8(12)3-7(5-15)11(10)13/h3-4,6,9,14-15H,2,5H2,1H3.